The number of hydrogen-bond acceptors (Lipinski definition) is 0. The molecule has 0 aromatic carbocycles. The van der Waals surface area contributed by atoms with Crippen LogP contribution in [-0.2, 0) is 0 Å². The van der Waals surface area contributed by atoms with Crippen molar-refractivity contribution in [2.45, 2.75) is 52.4 Å². The van der Waals surface area contributed by atoms with Gasteiger partial charge in [0.05, 0.1) is 0 Å². The van der Waals surface area contributed by atoms with Gasteiger partial charge >= 0.3 is 0 Å². The zero-order valence-electron chi connectivity index (χ0n) is 9.71. The van der Waals surface area contributed by atoms with Crippen molar-refractivity contribution >= 4 is 0 Å². The van der Waals surface area contributed by atoms with Crippen LogP contribution in [0.4, 0.5) is 0 Å². The molecule has 0 nitrogen and oxygen atoms in total. The summed E-state index contributed by atoms with van der Waals surface area (Å²) in [6.07, 6.45) is 20.7. The Kier molecular flexibility index (Phi) is 11.5. The molecule has 0 saturated heterocycles. The van der Waals surface area contributed by atoms with E-state index in [0.717, 1.165) is 6.42 Å². The lowest BCUT2D eigenvalue weighted by Gasteiger charge is -1.89. The maximum absolute atomic E-state index is 2.29. The Morgan fingerprint density at radius 3 is 2.07 bits per heavy atom. The number of hydrogen-bond donors (Lipinski definition) is 0. The Hall–Kier alpha value is -0.780. The molecule has 0 saturated carbocycles. The fourth-order valence-electron chi connectivity index (χ4n) is 1.19. The van der Waals surface area contributed by atoms with Gasteiger partial charge < -0.3 is 0 Å². The monoisotopic (exact) mass is 192 g/mol. The number of allylic oxidation sites excluding steroid dienone is 6. The molecule has 0 aromatic heterocycles. The zero-order chi connectivity index (χ0) is 10.5. The van der Waals surface area contributed by atoms with Gasteiger partial charge in [-0.25, -0.2) is 0 Å². The third-order valence-corrected chi connectivity index (χ3v) is 2.04. The quantitative estimate of drug-likeness (QED) is 0.373. The van der Waals surface area contributed by atoms with E-state index in [2.05, 4.69) is 50.3 Å². The first kappa shape index (κ1) is 13.2. The summed E-state index contributed by atoms with van der Waals surface area (Å²) in [4.78, 5) is 0. The largest absolute Gasteiger partial charge is 0.0917 e. The van der Waals surface area contributed by atoms with Crippen LogP contribution in [0.2, 0.25) is 0 Å². The molecule has 0 fully saturated rings. The van der Waals surface area contributed by atoms with Gasteiger partial charge in [0.2, 0.25) is 0 Å². The molecule has 0 aliphatic heterocycles. The van der Waals surface area contributed by atoms with Gasteiger partial charge in [-0.3, -0.25) is 0 Å². The van der Waals surface area contributed by atoms with Gasteiger partial charge in [-0.1, -0.05) is 49.8 Å². The lowest BCUT2D eigenvalue weighted by atomic mass is 10.2. The Balaban J connectivity index is 3.19. The van der Waals surface area contributed by atoms with E-state index in [1.54, 1.807) is 0 Å². The zero-order valence-corrected chi connectivity index (χ0v) is 9.71. The Morgan fingerprint density at radius 2 is 1.43 bits per heavy atom. The Bertz CT molecular complexity index is 172. The van der Waals surface area contributed by atoms with Gasteiger partial charge in [-0.05, 0) is 39.0 Å². The molecule has 0 aliphatic carbocycles. The van der Waals surface area contributed by atoms with Crippen LogP contribution in [-0.4, -0.2) is 0 Å². The first-order valence-electron chi connectivity index (χ1n) is 5.83. The summed E-state index contributed by atoms with van der Waals surface area (Å²) in [6, 6.07) is 0. The van der Waals surface area contributed by atoms with Crippen LogP contribution in [0.5, 0.6) is 0 Å². The highest BCUT2D eigenvalue weighted by Crippen LogP contribution is 1.99. The van der Waals surface area contributed by atoms with Crippen molar-refractivity contribution in [3.05, 3.63) is 36.5 Å². The molecule has 0 aliphatic rings. The maximum atomic E-state index is 2.29. The van der Waals surface area contributed by atoms with E-state index >= 15 is 0 Å². The first-order chi connectivity index (χ1) is 6.91. The van der Waals surface area contributed by atoms with Crippen molar-refractivity contribution in [2.75, 3.05) is 0 Å². The van der Waals surface area contributed by atoms with Crippen LogP contribution in [0.25, 0.3) is 0 Å². The van der Waals surface area contributed by atoms with Gasteiger partial charge in [0, 0.05) is 0 Å². The van der Waals surface area contributed by atoms with Crippen molar-refractivity contribution < 1.29 is 0 Å². The molecule has 0 heterocycles. The molecule has 0 heteroatoms. The normalized spacial score (nSPS) is 12.4. The smallest absolute Gasteiger partial charge is 0.0169 e. The minimum absolute atomic E-state index is 1.10. The molecule has 0 unspecified atom stereocenters. The molecule has 0 N–H and O–H groups in total. The molecule has 0 bridgehead atoms. The molecular weight excluding hydrogens is 168 g/mol. The summed E-state index contributed by atoms with van der Waals surface area (Å²) in [6.45, 7) is 4.29. The molecule has 0 spiro atoms. The van der Waals surface area contributed by atoms with E-state index in [1.807, 2.05) is 0 Å². The molecule has 0 aromatic rings. The van der Waals surface area contributed by atoms with Gasteiger partial charge in [0.15, 0.2) is 0 Å². The topological polar surface area (TPSA) is 0 Å². The number of unbranched alkanes of at least 4 members (excludes halogenated alkanes) is 3. The fourth-order valence-corrected chi connectivity index (χ4v) is 1.19. The van der Waals surface area contributed by atoms with E-state index in [0.29, 0.717) is 0 Å². The van der Waals surface area contributed by atoms with Gasteiger partial charge in [-0.2, -0.15) is 0 Å². The predicted molar refractivity (Wildman–Crippen MR) is 66.5 cm³/mol. The van der Waals surface area contributed by atoms with Crippen LogP contribution in [0.15, 0.2) is 36.5 Å². The Morgan fingerprint density at radius 1 is 0.786 bits per heavy atom. The van der Waals surface area contributed by atoms with E-state index in [1.165, 1.54) is 32.1 Å². The second-order valence-corrected chi connectivity index (χ2v) is 3.47. The third-order valence-electron chi connectivity index (χ3n) is 2.04. The van der Waals surface area contributed by atoms with Gasteiger partial charge in [0.1, 0.15) is 0 Å². The van der Waals surface area contributed by atoms with Gasteiger partial charge in [-0.15, -0.1) is 0 Å². The van der Waals surface area contributed by atoms with Crippen molar-refractivity contribution in [3.8, 4) is 0 Å². The first-order valence-corrected chi connectivity index (χ1v) is 5.83. The summed E-state index contributed by atoms with van der Waals surface area (Å²) in [5, 5.41) is 0. The average Bonchev–Trinajstić information content (AvgIpc) is 2.21. The molecule has 0 rings (SSSR count). The minimum Gasteiger partial charge on any atom is -0.0917 e. The molecule has 14 heavy (non-hydrogen) atoms. The van der Waals surface area contributed by atoms with Crippen LogP contribution in [0, 0.1) is 0 Å². The summed E-state index contributed by atoms with van der Waals surface area (Å²) >= 11 is 0. The molecule has 0 radical (unpaired) electrons. The van der Waals surface area contributed by atoms with Crippen molar-refractivity contribution in [3.63, 3.8) is 0 Å². The second-order valence-electron chi connectivity index (χ2n) is 3.47. The van der Waals surface area contributed by atoms with Crippen LogP contribution in [0.3, 0.4) is 0 Å². The standard InChI is InChI=1S/C14H24/c1-3-5-7-9-11-13-14-12-10-8-6-4-2/h3,5,8,10,13-14H,4,6-7,9,11-12H2,1-2H3/b5-3+,10-8+,14-13+. The molecule has 0 atom stereocenters. The lowest BCUT2D eigenvalue weighted by molar-refractivity contribution is 0.865. The second kappa shape index (κ2) is 12.2. The Labute approximate surface area is 89.4 Å². The average molecular weight is 192 g/mol. The third kappa shape index (κ3) is 11.2. The summed E-state index contributed by atoms with van der Waals surface area (Å²) < 4.78 is 0. The number of rotatable bonds is 8. The fraction of sp³-hybridized carbons (Fsp3) is 0.571. The minimum atomic E-state index is 1.10. The molecule has 80 valence electrons. The van der Waals surface area contributed by atoms with E-state index in [-0.39, 0.29) is 0 Å². The lowest BCUT2D eigenvalue weighted by Crippen LogP contribution is -1.69. The van der Waals surface area contributed by atoms with Crippen LogP contribution >= 0.6 is 0 Å². The van der Waals surface area contributed by atoms with Gasteiger partial charge in [0.25, 0.3) is 0 Å². The molecular formula is C14H24. The van der Waals surface area contributed by atoms with Crippen molar-refractivity contribution in [2.24, 2.45) is 0 Å². The molecule has 0 amide bonds. The van der Waals surface area contributed by atoms with Crippen molar-refractivity contribution in [1.82, 2.24) is 0 Å². The predicted octanol–water partition coefficient (Wildman–Crippen LogP) is 5.04. The SMILES string of the molecule is C/C=C/CCC/C=C/C/C=C/CCC. The van der Waals surface area contributed by atoms with Crippen molar-refractivity contribution in [1.29, 1.82) is 0 Å². The highest BCUT2D eigenvalue weighted by Gasteiger charge is 1.79. The summed E-state index contributed by atoms with van der Waals surface area (Å²) in [5.41, 5.74) is 0. The van der Waals surface area contributed by atoms with E-state index in [9.17, 15) is 0 Å². The van der Waals surface area contributed by atoms with E-state index in [4.69, 9.17) is 0 Å². The summed E-state index contributed by atoms with van der Waals surface area (Å²) in [7, 11) is 0. The van der Waals surface area contributed by atoms with Crippen LogP contribution < -0.4 is 0 Å². The highest BCUT2D eigenvalue weighted by atomic mass is 13.9. The van der Waals surface area contributed by atoms with Crippen LogP contribution in [0.1, 0.15) is 52.4 Å². The maximum Gasteiger partial charge on any atom is -0.0169 e. The highest BCUT2D eigenvalue weighted by molar-refractivity contribution is 4.92. The van der Waals surface area contributed by atoms with E-state index < -0.39 is 0 Å². The summed E-state index contributed by atoms with van der Waals surface area (Å²) in [5.74, 6) is 0.